The van der Waals surface area contributed by atoms with Gasteiger partial charge in [0.05, 0.1) is 10.5 Å². The van der Waals surface area contributed by atoms with Gasteiger partial charge < -0.3 is 11.1 Å². The lowest BCUT2D eigenvalue weighted by Crippen LogP contribution is -2.48. The van der Waals surface area contributed by atoms with Crippen LogP contribution in [0.15, 0.2) is 24.3 Å². The predicted molar refractivity (Wildman–Crippen MR) is 63.2 cm³/mol. The Bertz CT molecular complexity index is 438. The average molecular weight is 237 g/mol. The Morgan fingerprint density at radius 3 is 2.71 bits per heavy atom. The second kappa shape index (κ2) is 4.92. The van der Waals surface area contributed by atoms with Gasteiger partial charge in [0.1, 0.15) is 0 Å². The molecule has 6 heteroatoms. The zero-order valence-corrected chi connectivity index (χ0v) is 9.77. The number of nitrogens with two attached hydrogens (primary N) is 1. The van der Waals surface area contributed by atoms with Gasteiger partial charge in [-0.15, -0.1) is 0 Å². The van der Waals surface area contributed by atoms with Crippen molar-refractivity contribution < 1.29 is 9.72 Å². The molecule has 0 aliphatic heterocycles. The Balaban J connectivity index is 2.67. The molecule has 0 bridgehead atoms. The Kier molecular flexibility index (Phi) is 3.80. The van der Waals surface area contributed by atoms with Crippen molar-refractivity contribution in [2.45, 2.75) is 25.9 Å². The zero-order chi connectivity index (χ0) is 13.1. The lowest BCUT2D eigenvalue weighted by Gasteiger charge is -2.17. The van der Waals surface area contributed by atoms with E-state index in [1.165, 1.54) is 12.1 Å². The van der Waals surface area contributed by atoms with Crippen molar-refractivity contribution in [1.29, 1.82) is 0 Å². The maximum atomic E-state index is 11.5. The smallest absolute Gasteiger partial charge is 0.269 e. The third-order valence-corrected chi connectivity index (χ3v) is 2.16. The molecule has 3 N–H and O–H groups in total. The fraction of sp³-hybridized carbons (Fsp3) is 0.364. The first kappa shape index (κ1) is 13.1. The summed E-state index contributed by atoms with van der Waals surface area (Å²) in [6.45, 7) is 3.41. The molecule has 1 aromatic rings. The van der Waals surface area contributed by atoms with Gasteiger partial charge in [0.25, 0.3) is 5.69 Å². The second-order valence-corrected chi connectivity index (χ2v) is 4.33. The summed E-state index contributed by atoms with van der Waals surface area (Å²) in [6, 6.07) is 6.10. The quantitative estimate of drug-likeness (QED) is 0.601. The number of carbonyl (C=O) groups is 1. The van der Waals surface area contributed by atoms with Crippen LogP contribution in [0.2, 0.25) is 0 Å². The van der Waals surface area contributed by atoms with Crippen LogP contribution in [0, 0.1) is 10.1 Å². The van der Waals surface area contributed by atoms with Crippen molar-refractivity contribution in [3.63, 3.8) is 0 Å². The summed E-state index contributed by atoms with van der Waals surface area (Å²) < 4.78 is 0. The number of hydrogen-bond donors (Lipinski definition) is 2. The van der Waals surface area contributed by atoms with Gasteiger partial charge >= 0.3 is 0 Å². The molecule has 92 valence electrons. The van der Waals surface area contributed by atoms with Gasteiger partial charge in [0, 0.05) is 18.7 Å². The number of non-ortho nitro benzene ring substituents is 1. The fourth-order valence-electron chi connectivity index (χ4n) is 1.19. The normalized spacial score (nSPS) is 11.0. The van der Waals surface area contributed by atoms with E-state index >= 15 is 0 Å². The summed E-state index contributed by atoms with van der Waals surface area (Å²) >= 11 is 0. The molecule has 0 heterocycles. The van der Waals surface area contributed by atoms with Gasteiger partial charge in [-0.2, -0.15) is 0 Å². The zero-order valence-electron chi connectivity index (χ0n) is 9.77. The van der Waals surface area contributed by atoms with Crippen molar-refractivity contribution in [2.75, 3.05) is 0 Å². The SMILES string of the molecule is CC(C)(N)C(=O)NCc1cccc([N+](=O)[O-])c1. The summed E-state index contributed by atoms with van der Waals surface area (Å²) in [5, 5.41) is 13.2. The van der Waals surface area contributed by atoms with Gasteiger partial charge in [-0.25, -0.2) is 0 Å². The molecule has 17 heavy (non-hydrogen) atoms. The molecule has 0 aliphatic rings. The minimum atomic E-state index is -0.958. The Hall–Kier alpha value is -1.95. The molecule has 1 aromatic carbocycles. The topological polar surface area (TPSA) is 98.3 Å². The summed E-state index contributed by atoms with van der Waals surface area (Å²) in [5.41, 5.74) is 5.31. The standard InChI is InChI=1S/C11H15N3O3/c1-11(2,12)10(15)13-7-8-4-3-5-9(6-8)14(16)17/h3-6H,7,12H2,1-2H3,(H,13,15). The van der Waals surface area contributed by atoms with Crippen LogP contribution >= 0.6 is 0 Å². The van der Waals surface area contributed by atoms with E-state index in [-0.39, 0.29) is 18.1 Å². The highest BCUT2D eigenvalue weighted by Gasteiger charge is 2.21. The molecule has 0 saturated carbocycles. The number of amides is 1. The lowest BCUT2D eigenvalue weighted by atomic mass is 10.1. The van der Waals surface area contributed by atoms with Crippen LogP contribution in [-0.2, 0) is 11.3 Å². The van der Waals surface area contributed by atoms with E-state index in [0.717, 1.165) is 0 Å². The van der Waals surface area contributed by atoms with Crippen LogP contribution in [0.5, 0.6) is 0 Å². The molecule has 0 atom stereocenters. The molecule has 0 spiro atoms. The molecule has 0 unspecified atom stereocenters. The maximum absolute atomic E-state index is 11.5. The minimum absolute atomic E-state index is 0.00348. The highest BCUT2D eigenvalue weighted by atomic mass is 16.6. The number of nitrogens with one attached hydrogen (secondary N) is 1. The molecule has 0 aromatic heterocycles. The van der Waals surface area contributed by atoms with Gasteiger partial charge in [-0.1, -0.05) is 12.1 Å². The number of rotatable bonds is 4. The highest BCUT2D eigenvalue weighted by molar-refractivity contribution is 5.84. The van der Waals surface area contributed by atoms with Crippen LogP contribution < -0.4 is 11.1 Å². The van der Waals surface area contributed by atoms with Gasteiger partial charge in [0.2, 0.25) is 5.91 Å². The lowest BCUT2D eigenvalue weighted by molar-refractivity contribution is -0.384. The Morgan fingerprint density at radius 1 is 1.53 bits per heavy atom. The minimum Gasteiger partial charge on any atom is -0.350 e. The van der Waals surface area contributed by atoms with E-state index in [1.54, 1.807) is 26.0 Å². The predicted octanol–water partition coefficient (Wildman–Crippen LogP) is 0.948. The van der Waals surface area contributed by atoms with Gasteiger partial charge in [-0.05, 0) is 19.4 Å². The first-order chi connectivity index (χ1) is 7.80. The molecular weight excluding hydrogens is 222 g/mol. The summed E-state index contributed by atoms with van der Waals surface area (Å²) in [5.74, 6) is -0.302. The van der Waals surface area contributed by atoms with E-state index < -0.39 is 10.5 Å². The van der Waals surface area contributed by atoms with Crippen molar-refractivity contribution >= 4 is 11.6 Å². The summed E-state index contributed by atoms with van der Waals surface area (Å²) in [7, 11) is 0. The molecular formula is C11H15N3O3. The molecule has 6 nitrogen and oxygen atoms in total. The number of carbonyl (C=O) groups excluding carboxylic acids is 1. The highest BCUT2D eigenvalue weighted by Crippen LogP contribution is 2.12. The van der Waals surface area contributed by atoms with Crippen molar-refractivity contribution in [2.24, 2.45) is 5.73 Å². The van der Waals surface area contributed by atoms with E-state index in [4.69, 9.17) is 5.73 Å². The van der Waals surface area contributed by atoms with Crippen LogP contribution in [0.4, 0.5) is 5.69 Å². The van der Waals surface area contributed by atoms with E-state index in [1.807, 2.05) is 0 Å². The maximum Gasteiger partial charge on any atom is 0.269 e. The Morgan fingerprint density at radius 2 is 2.18 bits per heavy atom. The summed E-state index contributed by atoms with van der Waals surface area (Å²) in [6.07, 6.45) is 0. The van der Waals surface area contributed by atoms with Crippen molar-refractivity contribution in [3.8, 4) is 0 Å². The first-order valence-electron chi connectivity index (χ1n) is 5.11. The second-order valence-electron chi connectivity index (χ2n) is 4.33. The molecule has 0 aliphatic carbocycles. The molecule has 0 fully saturated rings. The summed E-state index contributed by atoms with van der Waals surface area (Å²) in [4.78, 5) is 21.6. The van der Waals surface area contributed by atoms with Crippen molar-refractivity contribution in [1.82, 2.24) is 5.32 Å². The fourth-order valence-corrected chi connectivity index (χ4v) is 1.19. The largest absolute Gasteiger partial charge is 0.350 e. The number of benzene rings is 1. The third-order valence-electron chi connectivity index (χ3n) is 2.16. The van der Waals surface area contributed by atoms with Crippen LogP contribution in [-0.4, -0.2) is 16.4 Å². The van der Waals surface area contributed by atoms with E-state index in [2.05, 4.69) is 5.32 Å². The Labute approximate surface area is 99.0 Å². The van der Waals surface area contributed by atoms with E-state index in [0.29, 0.717) is 5.56 Å². The molecule has 0 radical (unpaired) electrons. The van der Waals surface area contributed by atoms with Crippen LogP contribution in [0.3, 0.4) is 0 Å². The average Bonchev–Trinajstić information content (AvgIpc) is 2.25. The first-order valence-corrected chi connectivity index (χ1v) is 5.11. The number of nitro groups is 1. The van der Waals surface area contributed by atoms with Crippen LogP contribution in [0.25, 0.3) is 0 Å². The third kappa shape index (κ3) is 3.84. The molecule has 1 rings (SSSR count). The number of nitro benzene ring substituents is 1. The number of hydrogen-bond acceptors (Lipinski definition) is 4. The van der Waals surface area contributed by atoms with Crippen molar-refractivity contribution in [3.05, 3.63) is 39.9 Å². The van der Waals surface area contributed by atoms with Crippen LogP contribution in [0.1, 0.15) is 19.4 Å². The van der Waals surface area contributed by atoms with Gasteiger partial charge in [-0.3, -0.25) is 14.9 Å². The molecule has 0 saturated heterocycles. The van der Waals surface area contributed by atoms with Gasteiger partial charge in [0.15, 0.2) is 0 Å². The number of nitrogens with zero attached hydrogens (tertiary/aromatic N) is 1. The molecule has 1 amide bonds. The van der Waals surface area contributed by atoms with E-state index in [9.17, 15) is 14.9 Å². The monoisotopic (exact) mass is 237 g/mol.